The van der Waals surface area contributed by atoms with Gasteiger partial charge in [0.15, 0.2) is 0 Å². The summed E-state index contributed by atoms with van der Waals surface area (Å²) in [5.41, 5.74) is 4.08. The number of benzene rings is 2. The van der Waals surface area contributed by atoms with Gasteiger partial charge >= 0.3 is 12.1 Å². The first kappa shape index (κ1) is 23.7. The molecule has 180 valence electrons. The topological polar surface area (TPSA) is 95.9 Å². The van der Waals surface area contributed by atoms with Crippen LogP contribution in [0.25, 0.3) is 11.1 Å². The lowest BCUT2D eigenvalue weighted by atomic mass is 9.98. The number of alkyl carbamates (subject to hydrolysis) is 1. The van der Waals surface area contributed by atoms with Crippen molar-refractivity contribution in [1.29, 1.82) is 0 Å². The van der Waals surface area contributed by atoms with Gasteiger partial charge in [-0.05, 0) is 28.2 Å². The lowest BCUT2D eigenvalue weighted by Crippen LogP contribution is -2.44. The summed E-state index contributed by atoms with van der Waals surface area (Å²) in [7, 11) is 0. The van der Waals surface area contributed by atoms with Crippen LogP contribution in [0.4, 0.5) is 13.6 Å². The Bertz CT molecular complexity index is 1050. The fourth-order valence-corrected chi connectivity index (χ4v) is 4.80. The molecule has 2 aromatic carbocycles. The average molecular weight is 472 g/mol. The van der Waals surface area contributed by atoms with Crippen molar-refractivity contribution in [1.82, 2.24) is 10.2 Å². The molecule has 4 rings (SSSR count). The standard InChI is InChI=1S/C25H26F2N2O5/c1-14-11-29(12-19(14)24(31)32)22(30)10-21(23(26)27)28-25(33)34-13-20-17-8-4-2-6-15(17)16-7-3-5-9-18(16)20/h2-9,14,19-21,23H,10-13H2,1H3,(H,28,33)(H,31,32). The van der Waals surface area contributed by atoms with Crippen LogP contribution in [0.15, 0.2) is 48.5 Å². The summed E-state index contributed by atoms with van der Waals surface area (Å²) < 4.78 is 32.5. The number of alkyl halides is 2. The minimum Gasteiger partial charge on any atom is -0.481 e. The van der Waals surface area contributed by atoms with Gasteiger partial charge in [0, 0.05) is 19.0 Å². The molecule has 2 aromatic rings. The monoisotopic (exact) mass is 472 g/mol. The number of carboxylic acids is 1. The maximum Gasteiger partial charge on any atom is 0.407 e. The minimum atomic E-state index is -2.99. The third kappa shape index (κ3) is 4.73. The van der Waals surface area contributed by atoms with Crippen molar-refractivity contribution in [2.75, 3.05) is 19.7 Å². The maximum atomic E-state index is 13.6. The van der Waals surface area contributed by atoms with Gasteiger partial charge in [0.2, 0.25) is 5.91 Å². The van der Waals surface area contributed by atoms with E-state index in [1.807, 2.05) is 48.5 Å². The number of aliphatic carboxylic acids is 1. The van der Waals surface area contributed by atoms with Crippen LogP contribution in [0.2, 0.25) is 0 Å². The summed E-state index contributed by atoms with van der Waals surface area (Å²) in [6.45, 7) is 1.81. The molecular formula is C25H26F2N2O5. The van der Waals surface area contributed by atoms with Gasteiger partial charge in [-0.25, -0.2) is 13.6 Å². The first-order valence-corrected chi connectivity index (χ1v) is 11.2. The van der Waals surface area contributed by atoms with Crippen molar-refractivity contribution in [3.63, 3.8) is 0 Å². The number of hydrogen-bond donors (Lipinski definition) is 2. The number of nitrogens with zero attached hydrogens (tertiary/aromatic N) is 1. The van der Waals surface area contributed by atoms with Crippen molar-refractivity contribution >= 4 is 18.0 Å². The van der Waals surface area contributed by atoms with E-state index in [4.69, 9.17) is 4.74 Å². The number of nitrogens with one attached hydrogen (secondary N) is 1. The van der Waals surface area contributed by atoms with E-state index < -0.39 is 42.8 Å². The largest absolute Gasteiger partial charge is 0.481 e. The number of carboxylic acid groups (broad SMARTS) is 1. The van der Waals surface area contributed by atoms with Crippen molar-refractivity contribution in [3.05, 3.63) is 59.7 Å². The van der Waals surface area contributed by atoms with Gasteiger partial charge in [0.1, 0.15) is 12.6 Å². The van der Waals surface area contributed by atoms with Crippen LogP contribution in [-0.4, -0.2) is 60.1 Å². The second-order valence-electron chi connectivity index (χ2n) is 8.84. The van der Waals surface area contributed by atoms with Gasteiger partial charge in [0.05, 0.1) is 12.3 Å². The lowest BCUT2D eigenvalue weighted by Gasteiger charge is -2.22. The second-order valence-corrected chi connectivity index (χ2v) is 8.84. The van der Waals surface area contributed by atoms with Crippen LogP contribution in [-0.2, 0) is 14.3 Å². The molecule has 0 bridgehead atoms. The zero-order valence-electron chi connectivity index (χ0n) is 18.6. The molecule has 1 aliphatic heterocycles. The molecule has 2 aliphatic rings. The minimum absolute atomic E-state index is 0.0315. The van der Waals surface area contributed by atoms with E-state index >= 15 is 0 Å². The van der Waals surface area contributed by atoms with Crippen molar-refractivity contribution in [2.24, 2.45) is 11.8 Å². The highest BCUT2D eigenvalue weighted by Crippen LogP contribution is 2.44. The molecule has 0 radical (unpaired) electrons. The summed E-state index contributed by atoms with van der Waals surface area (Å²) in [6, 6.07) is 13.8. The molecule has 0 saturated carbocycles. The Morgan fingerprint density at radius 2 is 1.65 bits per heavy atom. The smallest absolute Gasteiger partial charge is 0.407 e. The van der Waals surface area contributed by atoms with Crippen LogP contribution in [0.3, 0.4) is 0 Å². The van der Waals surface area contributed by atoms with Gasteiger partial charge in [-0.3, -0.25) is 9.59 Å². The number of rotatable bonds is 7. The fraction of sp³-hybridized carbons (Fsp3) is 0.400. The number of ether oxygens (including phenoxy) is 1. The predicted molar refractivity (Wildman–Crippen MR) is 119 cm³/mol. The Hall–Kier alpha value is -3.49. The Kier molecular flexibility index (Phi) is 6.81. The summed E-state index contributed by atoms with van der Waals surface area (Å²) in [6.07, 6.45) is -4.65. The second kappa shape index (κ2) is 9.79. The van der Waals surface area contributed by atoms with Crippen molar-refractivity contribution < 1.29 is 33.0 Å². The molecule has 3 unspecified atom stereocenters. The average Bonchev–Trinajstić information content (AvgIpc) is 3.35. The van der Waals surface area contributed by atoms with E-state index in [1.165, 1.54) is 4.90 Å². The van der Waals surface area contributed by atoms with Crippen LogP contribution < -0.4 is 5.32 Å². The Morgan fingerprint density at radius 1 is 1.06 bits per heavy atom. The highest BCUT2D eigenvalue weighted by molar-refractivity contribution is 5.81. The molecule has 9 heteroatoms. The number of likely N-dealkylation sites (tertiary alicyclic amines) is 1. The van der Waals surface area contributed by atoms with Crippen LogP contribution in [0, 0.1) is 11.8 Å². The van der Waals surface area contributed by atoms with Crippen LogP contribution >= 0.6 is 0 Å². The third-order valence-corrected chi connectivity index (χ3v) is 6.63. The maximum absolute atomic E-state index is 13.6. The van der Waals surface area contributed by atoms with E-state index in [1.54, 1.807) is 6.92 Å². The van der Waals surface area contributed by atoms with Crippen LogP contribution in [0.5, 0.6) is 0 Å². The van der Waals surface area contributed by atoms with E-state index in [2.05, 4.69) is 5.32 Å². The number of amides is 2. The quantitative estimate of drug-likeness (QED) is 0.640. The number of carbonyl (C=O) groups excluding carboxylic acids is 2. The summed E-state index contributed by atoms with van der Waals surface area (Å²) in [4.78, 5) is 37.4. The first-order valence-electron chi connectivity index (χ1n) is 11.2. The van der Waals surface area contributed by atoms with Gasteiger partial charge in [0.25, 0.3) is 6.43 Å². The molecule has 1 saturated heterocycles. The molecule has 1 aliphatic carbocycles. The molecule has 3 atom stereocenters. The van der Waals surface area contributed by atoms with Gasteiger partial charge in [-0.2, -0.15) is 0 Å². The first-order chi connectivity index (χ1) is 16.3. The van der Waals surface area contributed by atoms with Gasteiger partial charge < -0.3 is 20.1 Å². The zero-order chi connectivity index (χ0) is 24.4. The third-order valence-electron chi connectivity index (χ3n) is 6.63. The predicted octanol–water partition coefficient (Wildman–Crippen LogP) is 3.73. The van der Waals surface area contributed by atoms with Gasteiger partial charge in [-0.1, -0.05) is 55.5 Å². The summed E-state index contributed by atoms with van der Waals surface area (Å²) in [5, 5.41) is 11.3. The van der Waals surface area contributed by atoms with Crippen molar-refractivity contribution in [2.45, 2.75) is 31.7 Å². The molecule has 0 aromatic heterocycles. The number of halogens is 2. The molecule has 1 heterocycles. The molecule has 34 heavy (non-hydrogen) atoms. The molecule has 7 nitrogen and oxygen atoms in total. The molecular weight excluding hydrogens is 446 g/mol. The Morgan fingerprint density at radius 3 is 2.18 bits per heavy atom. The Balaban J connectivity index is 1.36. The summed E-state index contributed by atoms with van der Waals surface area (Å²) in [5.74, 6) is -2.88. The number of fused-ring (bicyclic) bond motifs is 3. The SMILES string of the molecule is CC1CN(C(=O)CC(NC(=O)OCC2c3ccccc3-c3ccccc32)C(F)F)CC1C(=O)O. The Labute approximate surface area is 195 Å². The summed E-state index contributed by atoms with van der Waals surface area (Å²) >= 11 is 0. The van der Waals surface area contributed by atoms with E-state index in [0.29, 0.717) is 0 Å². The highest BCUT2D eigenvalue weighted by Gasteiger charge is 2.38. The van der Waals surface area contributed by atoms with E-state index in [9.17, 15) is 28.3 Å². The molecule has 1 fully saturated rings. The van der Waals surface area contributed by atoms with Gasteiger partial charge in [-0.15, -0.1) is 0 Å². The molecule has 2 N–H and O–H groups in total. The van der Waals surface area contributed by atoms with Crippen LogP contribution in [0.1, 0.15) is 30.4 Å². The highest BCUT2D eigenvalue weighted by atomic mass is 19.3. The van der Waals surface area contributed by atoms with E-state index in [0.717, 1.165) is 22.3 Å². The molecule has 2 amide bonds. The van der Waals surface area contributed by atoms with E-state index in [-0.39, 0.29) is 31.5 Å². The number of carbonyl (C=O) groups is 3. The normalized spacial score (nSPS) is 20.1. The number of hydrogen-bond acceptors (Lipinski definition) is 4. The fourth-order valence-electron chi connectivity index (χ4n) is 4.80. The zero-order valence-corrected chi connectivity index (χ0v) is 18.6. The van der Waals surface area contributed by atoms with Crippen molar-refractivity contribution in [3.8, 4) is 11.1 Å². The molecule has 0 spiro atoms. The lowest BCUT2D eigenvalue weighted by molar-refractivity contribution is -0.142.